The van der Waals surface area contributed by atoms with E-state index in [1.807, 2.05) is 17.8 Å². The topological polar surface area (TPSA) is 33.1 Å². The molecule has 0 spiro atoms. The number of aliphatic hydroxyl groups is 1. The van der Waals surface area contributed by atoms with E-state index in [-0.39, 0.29) is 0 Å². The van der Waals surface area contributed by atoms with Crippen LogP contribution in [0.1, 0.15) is 18.9 Å². The van der Waals surface area contributed by atoms with Crippen LogP contribution in [0.15, 0.2) is 18.5 Å². The number of rotatable bonds is 2. The fourth-order valence-electron chi connectivity index (χ4n) is 1.98. The zero-order valence-corrected chi connectivity index (χ0v) is 10.2. The number of aromatic nitrogens is 1. The molecule has 0 amide bonds. The molecule has 1 aromatic heterocycles. The van der Waals surface area contributed by atoms with Crippen LogP contribution in [0, 0.1) is 0 Å². The molecule has 15 heavy (non-hydrogen) atoms. The predicted molar refractivity (Wildman–Crippen MR) is 64.4 cm³/mol. The molecule has 82 valence electrons. The molecule has 1 aromatic rings. The van der Waals surface area contributed by atoms with Gasteiger partial charge in [0, 0.05) is 29.8 Å². The number of hydrogen-bond donors (Lipinski definition) is 1. The van der Waals surface area contributed by atoms with E-state index < -0.39 is 5.60 Å². The van der Waals surface area contributed by atoms with E-state index in [0.29, 0.717) is 16.7 Å². The summed E-state index contributed by atoms with van der Waals surface area (Å²) in [7, 11) is 0. The Balaban J connectivity index is 2.12. The van der Waals surface area contributed by atoms with E-state index >= 15 is 0 Å². The molecule has 2 unspecified atom stereocenters. The van der Waals surface area contributed by atoms with Crippen LogP contribution >= 0.6 is 23.4 Å². The Morgan fingerprint density at radius 1 is 1.73 bits per heavy atom. The molecule has 1 aliphatic rings. The summed E-state index contributed by atoms with van der Waals surface area (Å²) >= 11 is 7.84. The first kappa shape index (κ1) is 11.2. The highest BCUT2D eigenvalue weighted by molar-refractivity contribution is 8.00. The number of pyridine rings is 1. The molecule has 0 bridgehead atoms. The molecule has 1 aliphatic heterocycles. The van der Waals surface area contributed by atoms with Crippen molar-refractivity contribution in [3.05, 3.63) is 29.0 Å². The van der Waals surface area contributed by atoms with Gasteiger partial charge in [-0.25, -0.2) is 0 Å². The lowest BCUT2D eigenvalue weighted by molar-refractivity contribution is 0.0642. The van der Waals surface area contributed by atoms with Crippen molar-refractivity contribution < 1.29 is 5.11 Å². The summed E-state index contributed by atoms with van der Waals surface area (Å²) in [6.07, 6.45) is 4.82. The van der Waals surface area contributed by atoms with Gasteiger partial charge in [-0.05, 0) is 18.1 Å². The average molecular weight is 244 g/mol. The second kappa shape index (κ2) is 4.32. The monoisotopic (exact) mass is 243 g/mol. The summed E-state index contributed by atoms with van der Waals surface area (Å²) in [5, 5.41) is 11.5. The van der Waals surface area contributed by atoms with E-state index in [1.165, 1.54) is 0 Å². The number of thioether (sulfide) groups is 1. The highest BCUT2D eigenvalue weighted by atomic mass is 35.5. The summed E-state index contributed by atoms with van der Waals surface area (Å²) in [5.74, 6) is 0.798. The van der Waals surface area contributed by atoms with Crippen molar-refractivity contribution in [1.82, 2.24) is 4.98 Å². The first-order valence-electron chi connectivity index (χ1n) is 5.01. The van der Waals surface area contributed by atoms with Gasteiger partial charge in [0.1, 0.15) is 0 Å². The molecule has 2 rings (SSSR count). The maximum Gasteiger partial charge on any atom is 0.0788 e. The van der Waals surface area contributed by atoms with Gasteiger partial charge in [0.05, 0.1) is 10.6 Å². The van der Waals surface area contributed by atoms with E-state index in [2.05, 4.69) is 11.9 Å². The molecule has 4 heteroatoms. The van der Waals surface area contributed by atoms with Crippen molar-refractivity contribution in [3.8, 4) is 0 Å². The quantitative estimate of drug-likeness (QED) is 0.867. The summed E-state index contributed by atoms with van der Waals surface area (Å²) in [6.45, 7) is 2.15. The molecule has 1 N–H and O–H groups in total. The van der Waals surface area contributed by atoms with Gasteiger partial charge in [-0.1, -0.05) is 18.5 Å². The standard InChI is InChI=1S/C11H14ClNOS/c1-8-4-11(14,7-15-8)5-9-2-3-13-6-10(9)12/h2-3,6,8,14H,4-5,7H2,1H3. The van der Waals surface area contributed by atoms with Gasteiger partial charge >= 0.3 is 0 Å². The minimum Gasteiger partial charge on any atom is -0.389 e. The number of hydrogen-bond acceptors (Lipinski definition) is 3. The molecule has 1 saturated heterocycles. The Hall–Kier alpha value is -0.250. The fourth-order valence-corrected chi connectivity index (χ4v) is 3.40. The van der Waals surface area contributed by atoms with Crippen LogP contribution in [0.4, 0.5) is 0 Å². The predicted octanol–water partition coefficient (Wildman–Crippen LogP) is 2.53. The van der Waals surface area contributed by atoms with Crippen LogP contribution < -0.4 is 0 Å². The van der Waals surface area contributed by atoms with Crippen molar-refractivity contribution in [2.75, 3.05) is 5.75 Å². The zero-order chi connectivity index (χ0) is 10.9. The minimum atomic E-state index is -0.588. The molecule has 0 saturated carbocycles. The molecule has 0 aromatic carbocycles. The Kier molecular flexibility index (Phi) is 3.24. The Labute approximate surface area is 99.1 Å². The van der Waals surface area contributed by atoms with Crippen LogP contribution in [0.2, 0.25) is 5.02 Å². The molecule has 2 nitrogen and oxygen atoms in total. The van der Waals surface area contributed by atoms with E-state index in [1.54, 1.807) is 12.4 Å². The first-order chi connectivity index (χ1) is 7.09. The van der Waals surface area contributed by atoms with Crippen LogP contribution in [0.5, 0.6) is 0 Å². The van der Waals surface area contributed by atoms with Crippen molar-refractivity contribution in [1.29, 1.82) is 0 Å². The smallest absolute Gasteiger partial charge is 0.0788 e. The van der Waals surface area contributed by atoms with Gasteiger partial charge in [-0.15, -0.1) is 0 Å². The maximum absolute atomic E-state index is 10.3. The molecule has 1 fully saturated rings. The van der Waals surface area contributed by atoms with E-state index in [9.17, 15) is 5.11 Å². The third-order valence-electron chi connectivity index (χ3n) is 2.68. The largest absolute Gasteiger partial charge is 0.389 e. The zero-order valence-electron chi connectivity index (χ0n) is 8.61. The van der Waals surface area contributed by atoms with Crippen molar-refractivity contribution in [2.45, 2.75) is 30.6 Å². The average Bonchev–Trinajstić information content (AvgIpc) is 2.51. The van der Waals surface area contributed by atoms with Gasteiger partial charge in [0.25, 0.3) is 0 Å². The number of nitrogens with zero attached hydrogens (tertiary/aromatic N) is 1. The highest BCUT2D eigenvalue weighted by Crippen LogP contribution is 2.37. The van der Waals surface area contributed by atoms with Crippen molar-refractivity contribution >= 4 is 23.4 Å². The summed E-state index contributed by atoms with van der Waals surface area (Å²) in [6, 6.07) is 1.88. The summed E-state index contributed by atoms with van der Waals surface area (Å²) in [5.41, 5.74) is 0.401. The molecule has 2 heterocycles. The van der Waals surface area contributed by atoms with Crippen LogP contribution in [-0.4, -0.2) is 26.7 Å². The SMILES string of the molecule is CC1CC(O)(Cc2ccncc2Cl)CS1. The molecular formula is C11H14ClNOS. The lowest BCUT2D eigenvalue weighted by atomic mass is 9.93. The van der Waals surface area contributed by atoms with Crippen LogP contribution in [0.25, 0.3) is 0 Å². The maximum atomic E-state index is 10.3. The fraction of sp³-hybridized carbons (Fsp3) is 0.545. The van der Waals surface area contributed by atoms with Crippen molar-refractivity contribution in [2.24, 2.45) is 0 Å². The second-order valence-electron chi connectivity index (χ2n) is 4.19. The van der Waals surface area contributed by atoms with Crippen LogP contribution in [0.3, 0.4) is 0 Å². The Morgan fingerprint density at radius 2 is 2.53 bits per heavy atom. The molecule has 2 atom stereocenters. The lowest BCUT2D eigenvalue weighted by Crippen LogP contribution is -2.31. The van der Waals surface area contributed by atoms with E-state index in [4.69, 9.17) is 11.6 Å². The Bertz CT molecular complexity index is 360. The minimum absolute atomic E-state index is 0.538. The summed E-state index contributed by atoms with van der Waals surface area (Å²) in [4.78, 5) is 3.94. The third-order valence-corrected chi connectivity index (χ3v) is 4.46. The third kappa shape index (κ3) is 2.65. The number of halogens is 1. The van der Waals surface area contributed by atoms with Gasteiger partial charge in [0.2, 0.25) is 0 Å². The highest BCUT2D eigenvalue weighted by Gasteiger charge is 2.36. The molecule has 0 aliphatic carbocycles. The molecular weight excluding hydrogens is 230 g/mol. The second-order valence-corrected chi connectivity index (χ2v) is 6.03. The Morgan fingerprint density at radius 3 is 3.13 bits per heavy atom. The van der Waals surface area contributed by atoms with Gasteiger partial charge in [-0.3, -0.25) is 4.98 Å². The van der Waals surface area contributed by atoms with Gasteiger partial charge in [0.15, 0.2) is 0 Å². The first-order valence-corrected chi connectivity index (χ1v) is 6.44. The van der Waals surface area contributed by atoms with E-state index in [0.717, 1.165) is 17.7 Å². The lowest BCUT2D eigenvalue weighted by Gasteiger charge is -2.22. The molecule has 0 radical (unpaired) electrons. The normalized spacial score (nSPS) is 30.7. The summed E-state index contributed by atoms with van der Waals surface area (Å²) < 4.78 is 0. The van der Waals surface area contributed by atoms with Crippen LogP contribution in [-0.2, 0) is 6.42 Å². The van der Waals surface area contributed by atoms with Crippen molar-refractivity contribution in [3.63, 3.8) is 0 Å². The van der Waals surface area contributed by atoms with Gasteiger partial charge in [-0.2, -0.15) is 11.8 Å². The van der Waals surface area contributed by atoms with Gasteiger partial charge < -0.3 is 5.11 Å².